The van der Waals surface area contributed by atoms with E-state index in [-0.39, 0.29) is 24.5 Å². The summed E-state index contributed by atoms with van der Waals surface area (Å²) in [5, 5.41) is 13.0. The van der Waals surface area contributed by atoms with Crippen molar-refractivity contribution in [1.29, 1.82) is 0 Å². The average molecular weight is 261 g/mol. The van der Waals surface area contributed by atoms with Gasteiger partial charge in [-0.2, -0.15) is 0 Å². The van der Waals surface area contributed by atoms with E-state index < -0.39 is 0 Å². The Morgan fingerprint density at radius 3 is 2.63 bits per heavy atom. The Hall–Kier alpha value is -1.81. The topological polar surface area (TPSA) is 62.5 Å². The highest BCUT2D eigenvalue weighted by molar-refractivity contribution is 5.99. The van der Waals surface area contributed by atoms with Gasteiger partial charge in [-0.1, -0.05) is 32.0 Å². The minimum absolute atomic E-state index is 0.0807. The Bertz CT molecular complexity index is 586. The number of hydrogen-bond acceptors (Lipinski definition) is 3. The molecule has 1 amide bonds. The van der Waals surface area contributed by atoms with Crippen molar-refractivity contribution in [1.82, 2.24) is 5.32 Å². The van der Waals surface area contributed by atoms with Gasteiger partial charge >= 0.3 is 0 Å². The summed E-state index contributed by atoms with van der Waals surface area (Å²) in [6.07, 6.45) is 0. The zero-order valence-electron chi connectivity index (χ0n) is 11.4. The second-order valence-corrected chi connectivity index (χ2v) is 5.06. The van der Waals surface area contributed by atoms with Gasteiger partial charge in [-0.05, 0) is 18.9 Å². The number of benzene rings is 1. The quantitative estimate of drug-likeness (QED) is 0.888. The van der Waals surface area contributed by atoms with Crippen molar-refractivity contribution in [2.24, 2.45) is 5.92 Å². The molecule has 1 atom stereocenters. The summed E-state index contributed by atoms with van der Waals surface area (Å²) < 4.78 is 5.59. The van der Waals surface area contributed by atoms with Crippen LogP contribution in [0.4, 0.5) is 0 Å². The van der Waals surface area contributed by atoms with Crippen LogP contribution in [-0.4, -0.2) is 23.7 Å². The average Bonchev–Trinajstić information content (AvgIpc) is 2.73. The lowest BCUT2D eigenvalue weighted by molar-refractivity contribution is 0.0870. The van der Waals surface area contributed by atoms with Crippen LogP contribution in [-0.2, 0) is 0 Å². The summed E-state index contributed by atoms with van der Waals surface area (Å²) in [5.74, 6) is 0.209. The number of para-hydroxylation sites is 1. The van der Waals surface area contributed by atoms with Gasteiger partial charge in [0.1, 0.15) is 5.58 Å². The third kappa shape index (κ3) is 2.63. The van der Waals surface area contributed by atoms with Crippen LogP contribution in [0.1, 0.15) is 30.0 Å². The number of nitrogens with one attached hydrogen (secondary N) is 1. The van der Waals surface area contributed by atoms with Crippen molar-refractivity contribution in [3.63, 3.8) is 0 Å². The smallest absolute Gasteiger partial charge is 0.287 e. The molecule has 0 spiro atoms. The lowest BCUT2D eigenvalue weighted by Crippen LogP contribution is -2.41. The lowest BCUT2D eigenvalue weighted by Gasteiger charge is -2.19. The van der Waals surface area contributed by atoms with Gasteiger partial charge in [0.2, 0.25) is 0 Å². The standard InChI is InChI=1S/C15H19NO3/c1-9(2)12(8-17)16-15(18)14-10(3)11-6-4-5-7-13(11)19-14/h4-7,9,12,17H,8H2,1-3H3,(H,16,18)/t12-/m1/s1. The third-order valence-electron chi connectivity index (χ3n) is 3.37. The molecule has 19 heavy (non-hydrogen) atoms. The molecule has 1 aromatic carbocycles. The van der Waals surface area contributed by atoms with Gasteiger partial charge in [0.05, 0.1) is 12.6 Å². The number of amides is 1. The number of fused-ring (bicyclic) bond motifs is 1. The van der Waals surface area contributed by atoms with E-state index in [1.807, 2.05) is 45.0 Å². The van der Waals surface area contributed by atoms with Crippen LogP contribution >= 0.6 is 0 Å². The van der Waals surface area contributed by atoms with E-state index in [4.69, 9.17) is 4.42 Å². The van der Waals surface area contributed by atoms with E-state index in [0.29, 0.717) is 11.3 Å². The highest BCUT2D eigenvalue weighted by atomic mass is 16.3. The fourth-order valence-corrected chi connectivity index (χ4v) is 2.05. The largest absolute Gasteiger partial charge is 0.451 e. The maximum Gasteiger partial charge on any atom is 0.287 e. The van der Waals surface area contributed by atoms with Crippen LogP contribution in [0.15, 0.2) is 28.7 Å². The van der Waals surface area contributed by atoms with Gasteiger partial charge in [0.15, 0.2) is 5.76 Å². The molecular weight excluding hydrogens is 242 g/mol. The van der Waals surface area contributed by atoms with Crippen LogP contribution in [0.5, 0.6) is 0 Å². The Kier molecular flexibility index (Phi) is 3.90. The van der Waals surface area contributed by atoms with Crippen LogP contribution in [0.3, 0.4) is 0 Å². The Labute approximate surface area is 112 Å². The number of hydrogen-bond donors (Lipinski definition) is 2. The van der Waals surface area contributed by atoms with Crippen molar-refractivity contribution >= 4 is 16.9 Å². The molecule has 0 aliphatic rings. The summed E-state index contributed by atoms with van der Waals surface area (Å²) in [6.45, 7) is 5.69. The number of furan rings is 1. The van der Waals surface area contributed by atoms with Crippen LogP contribution in [0.25, 0.3) is 11.0 Å². The second-order valence-electron chi connectivity index (χ2n) is 5.06. The van der Waals surface area contributed by atoms with Crippen LogP contribution in [0, 0.1) is 12.8 Å². The molecular formula is C15H19NO3. The van der Waals surface area contributed by atoms with Gasteiger partial charge in [0.25, 0.3) is 5.91 Å². The molecule has 2 rings (SSSR count). The molecule has 2 aromatic rings. The van der Waals surface area contributed by atoms with E-state index in [2.05, 4.69) is 5.32 Å². The van der Waals surface area contributed by atoms with Crippen molar-refractivity contribution in [3.05, 3.63) is 35.6 Å². The van der Waals surface area contributed by atoms with Crippen molar-refractivity contribution < 1.29 is 14.3 Å². The SMILES string of the molecule is Cc1c(C(=O)N[C@H](CO)C(C)C)oc2ccccc12. The highest BCUT2D eigenvalue weighted by Crippen LogP contribution is 2.24. The highest BCUT2D eigenvalue weighted by Gasteiger charge is 2.21. The second kappa shape index (κ2) is 5.45. The first-order chi connectivity index (χ1) is 9.04. The zero-order valence-corrected chi connectivity index (χ0v) is 11.4. The predicted molar refractivity (Wildman–Crippen MR) is 74.1 cm³/mol. The molecule has 4 heteroatoms. The van der Waals surface area contributed by atoms with Crippen molar-refractivity contribution in [3.8, 4) is 0 Å². The zero-order chi connectivity index (χ0) is 14.0. The Balaban J connectivity index is 2.29. The maximum atomic E-state index is 12.2. The molecule has 0 bridgehead atoms. The number of aliphatic hydroxyl groups excluding tert-OH is 1. The molecule has 0 saturated carbocycles. The minimum atomic E-state index is -0.276. The number of carbonyl (C=O) groups excluding carboxylic acids is 1. The monoisotopic (exact) mass is 261 g/mol. The summed E-state index contributed by atoms with van der Waals surface area (Å²) in [5.41, 5.74) is 1.53. The molecule has 2 N–H and O–H groups in total. The molecule has 0 fully saturated rings. The third-order valence-corrected chi connectivity index (χ3v) is 3.37. The molecule has 0 aliphatic heterocycles. The van der Waals surface area contributed by atoms with Crippen LogP contribution in [0.2, 0.25) is 0 Å². The summed E-state index contributed by atoms with van der Waals surface area (Å²) in [7, 11) is 0. The van der Waals surface area contributed by atoms with Gasteiger partial charge in [0, 0.05) is 10.9 Å². The minimum Gasteiger partial charge on any atom is -0.451 e. The first-order valence-corrected chi connectivity index (χ1v) is 6.44. The maximum absolute atomic E-state index is 12.2. The molecule has 1 heterocycles. The van der Waals surface area contributed by atoms with Crippen molar-refractivity contribution in [2.75, 3.05) is 6.61 Å². The molecule has 0 radical (unpaired) electrons. The molecule has 0 unspecified atom stereocenters. The first-order valence-electron chi connectivity index (χ1n) is 6.44. The van der Waals surface area contributed by atoms with Gasteiger partial charge in [-0.15, -0.1) is 0 Å². The van der Waals surface area contributed by atoms with E-state index in [1.165, 1.54) is 0 Å². The first kappa shape index (κ1) is 13.6. The normalized spacial score (nSPS) is 12.9. The van der Waals surface area contributed by atoms with Crippen LogP contribution < -0.4 is 5.32 Å². The molecule has 102 valence electrons. The summed E-state index contributed by atoms with van der Waals surface area (Å²) in [6, 6.07) is 7.29. The van der Waals surface area contributed by atoms with E-state index in [1.54, 1.807) is 0 Å². The Morgan fingerprint density at radius 2 is 2.05 bits per heavy atom. The van der Waals surface area contributed by atoms with E-state index in [9.17, 15) is 9.90 Å². The van der Waals surface area contributed by atoms with E-state index in [0.717, 1.165) is 10.9 Å². The number of aryl methyl sites for hydroxylation is 1. The number of rotatable bonds is 4. The molecule has 0 saturated heterocycles. The van der Waals surface area contributed by atoms with Crippen molar-refractivity contribution in [2.45, 2.75) is 26.8 Å². The van der Waals surface area contributed by atoms with Gasteiger partial charge in [-0.25, -0.2) is 0 Å². The summed E-state index contributed by atoms with van der Waals surface area (Å²) in [4.78, 5) is 12.2. The van der Waals surface area contributed by atoms with E-state index >= 15 is 0 Å². The predicted octanol–water partition coefficient (Wildman–Crippen LogP) is 2.49. The number of aliphatic hydroxyl groups is 1. The lowest BCUT2D eigenvalue weighted by atomic mass is 10.1. The Morgan fingerprint density at radius 1 is 1.37 bits per heavy atom. The fraction of sp³-hybridized carbons (Fsp3) is 0.400. The number of carbonyl (C=O) groups is 1. The molecule has 0 aliphatic carbocycles. The van der Waals surface area contributed by atoms with Gasteiger partial charge in [-0.3, -0.25) is 4.79 Å². The van der Waals surface area contributed by atoms with Gasteiger partial charge < -0.3 is 14.8 Å². The molecule has 1 aromatic heterocycles. The summed E-state index contributed by atoms with van der Waals surface area (Å²) >= 11 is 0. The fourth-order valence-electron chi connectivity index (χ4n) is 2.05. The molecule has 4 nitrogen and oxygen atoms in total.